The minimum Gasteiger partial charge on any atom is -0.493 e. The largest absolute Gasteiger partial charge is 0.493 e. The lowest BCUT2D eigenvalue weighted by atomic mass is 9.55. The number of benzene rings is 3. The second kappa shape index (κ2) is 28.3. The molecule has 3 aromatic carbocycles. The lowest BCUT2D eigenvalue weighted by Crippen LogP contribution is -2.70. The Morgan fingerprint density at radius 3 is 2.29 bits per heavy atom. The Hall–Kier alpha value is -4.36. The first-order valence-corrected chi connectivity index (χ1v) is 26.5. The fraction of sp³-hybridized carbons (Fsp3) is 0.571. The summed E-state index contributed by atoms with van der Waals surface area (Å²) in [7, 11) is 1.54. The van der Waals surface area contributed by atoms with E-state index in [4.69, 9.17) is 28.9 Å². The molecular formula is C56H77FN2O8S. The van der Waals surface area contributed by atoms with Crippen molar-refractivity contribution in [1.82, 2.24) is 4.90 Å². The van der Waals surface area contributed by atoms with Crippen LogP contribution in [0, 0.1) is 23.6 Å². The molecule has 0 radical (unpaired) electrons. The average Bonchev–Trinajstić information content (AvgIpc) is 3.35. The summed E-state index contributed by atoms with van der Waals surface area (Å²) in [6.45, 7) is 7.50. The average molecular weight is 957 g/mol. The fourth-order valence-electron chi connectivity index (χ4n) is 10.6. The number of thioether (sulfide) groups is 1. The molecule has 1 amide bonds. The van der Waals surface area contributed by atoms with Gasteiger partial charge in [-0.2, -0.15) is 0 Å². The number of nitrogens with zero attached hydrogens (tertiary/aromatic N) is 2. The molecule has 12 heteroatoms. The third kappa shape index (κ3) is 14.4. The van der Waals surface area contributed by atoms with E-state index in [1.807, 2.05) is 30.3 Å². The molecule has 0 bridgehead atoms. The Morgan fingerprint density at radius 2 is 1.60 bits per heavy atom. The number of rotatable bonds is 31. The van der Waals surface area contributed by atoms with Gasteiger partial charge in [-0.1, -0.05) is 125 Å². The highest BCUT2D eigenvalue weighted by Gasteiger charge is 2.65. The van der Waals surface area contributed by atoms with Crippen molar-refractivity contribution < 1.29 is 43.2 Å². The normalized spacial score (nSPS) is 22.1. The van der Waals surface area contributed by atoms with Gasteiger partial charge in [0.05, 0.1) is 31.5 Å². The summed E-state index contributed by atoms with van der Waals surface area (Å²) in [5.74, 6) is -0.225. The number of oxime groups is 1. The van der Waals surface area contributed by atoms with Gasteiger partial charge in [0.25, 0.3) is 0 Å². The van der Waals surface area contributed by atoms with Crippen LogP contribution in [0.5, 0.6) is 11.5 Å². The fourth-order valence-corrected chi connectivity index (χ4v) is 11.4. The van der Waals surface area contributed by atoms with Gasteiger partial charge in [-0.25, -0.2) is 9.18 Å². The Bertz CT molecular complexity index is 2030. The van der Waals surface area contributed by atoms with Gasteiger partial charge in [-0.15, -0.1) is 18.3 Å². The van der Waals surface area contributed by atoms with Crippen molar-refractivity contribution in [2.75, 3.05) is 45.9 Å². The summed E-state index contributed by atoms with van der Waals surface area (Å²) >= 11 is 1.74. The highest BCUT2D eigenvalue weighted by Crippen LogP contribution is 2.62. The van der Waals surface area contributed by atoms with Crippen LogP contribution < -0.4 is 9.47 Å². The summed E-state index contributed by atoms with van der Waals surface area (Å²) in [4.78, 5) is 23.4. The first kappa shape index (κ1) is 53.0. The molecule has 0 saturated heterocycles. The predicted molar refractivity (Wildman–Crippen MR) is 270 cm³/mol. The Kier molecular flexibility index (Phi) is 22.1. The molecule has 372 valence electrons. The van der Waals surface area contributed by atoms with E-state index in [9.17, 15) is 19.4 Å². The van der Waals surface area contributed by atoms with Gasteiger partial charge in [-0.05, 0) is 97.5 Å². The number of amides is 1. The highest BCUT2D eigenvalue weighted by molar-refractivity contribution is 7.99. The van der Waals surface area contributed by atoms with Crippen molar-refractivity contribution in [3.8, 4) is 11.5 Å². The molecule has 6 atom stereocenters. The van der Waals surface area contributed by atoms with Gasteiger partial charge in [0.1, 0.15) is 30.5 Å². The first-order valence-electron chi connectivity index (χ1n) is 25.5. The van der Waals surface area contributed by atoms with E-state index < -0.39 is 23.8 Å². The second-order valence-electron chi connectivity index (χ2n) is 18.5. The quantitative estimate of drug-likeness (QED) is 0.0281. The molecule has 6 rings (SSSR count). The van der Waals surface area contributed by atoms with Crippen LogP contribution in [0.1, 0.15) is 133 Å². The molecule has 0 unspecified atom stereocenters. The van der Waals surface area contributed by atoms with E-state index in [1.54, 1.807) is 42.0 Å². The van der Waals surface area contributed by atoms with Crippen molar-refractivity contribution in [2.24, 2.45) is 22.9 Å². The zero-order valence-electron chi connectivity index (χ0n) is 40.7. The van der Waals surface area contributed by atoms with Crippen LogP contribution in [0.25, 0.3) is 0 Å². The Balaban J connectivity index is 1.39. The van der Waals surface area contributed by atoms with Crippen molar-refractivity contribution in [2.45, 2.75) is 145 Å². The number of carbonyl (C=O) groups is 1. The smallest absolute Gasteiger partial charge is 0.410 e. The predicted octanol–water partition coefficient (Wildman–Crippen LogP) is 12.8. The van der Waals surface area contributed by atoms with Crippen LogP contribution in [0.15, 0.2) is 107 Å². The van der Waals surface area contributed by atoms with E-state index >= 15 is 0 Å². The summed E-state index contributed by atoms with van der Waals surface area (Å²) in [5, 5.41) is 24.7. The van der Waals surface area contributed by atoms with E-state index in [2.05, 4.69) is 37.8 Å². The van der Waals surface area contributed by atoms with E-state index in [0.29, 0.717) is 30.9 Å². The number of aliphatic hydroxyl groups excluding tert-OH is 2. The molecule has 3 aromatic rings. The summed E-state index contributed by atoms with van der Waals surface area (Å²) in [6, 6.07) is 21.7. The van der Waals surface area contributed by atoms with Crippen LogP contribution in [0.4, 0.5) is 9.18 Å². The summed E-state index contributed by atoms with van der Waals surface area (Å²) in [6.07, 6.45) is 20.0. The maximum Gasteiger partial charge on any atom is 0.410 e. The number of hydrogen-bond donors (Lipinski definition) is 2. The lowest BCUT2D eigenvalue weighted by Gasteiger charge is -2.59. The van der Waals surface area contributed by atoms with E-state index in [-0.39, 0.29) is 63.0 Å². The number of fused-ring (bicyclic) bond motifs is 2. The molecule has 3 aliphatic rings. The molecule has 1 aliphatic heterocycles. The zero-order valence-corrected chi connectivity index (χ0v) is 41.5. The van der Waals surface area contributed by atoms with Gasteiger partial charge < -0.3 is 34.0 Å². The van der Waals surface area contributed by atoms with E-state index in [1.165, 1.54) is 62.0 Å². The molecule has 1 heterocycles. The van der Waals surface area contributed by atoms with Crippen LogP contribution >= 0.6 is 11.8 Å². The van der Waals surface area contributed by atoms with Crippen LogP contribution in [-0.2, 0) is 20.9 Å². The standard InChI is InChI=1S/C56H77FN2O8S/c1-4-6-7-8-9-10-11-12-13-21-35-65-55(62)59(41-42-26-28-44(57)29-27-42)52-40-50(58-63-3)48-38-43(22-17-19-32-60)47(25-18-20-33-61)53-49-39-45(64-36-37-68-46-23-15-14-16-24-46)30-31-51(49)67-56(52,54(48)53)66-34-5-2/h5,14-16,23-24,26-31,38-39,43,47,52-54,60-61H,2,4,6-13,17-22,25,32-37,40-41H2,1,3H3/t43-,47+,52-,53+,54+,56+/m0/s1. The maximum absolute atomic E-state index is 14.9. The van der Waals surface area contributed by atoms with Crippen molar-refractivity contribution in [3.63, 3.8) is 0 Å². The van der Waals surface area contributed by atoms with Gasteiger partial charge >= 0.3 is 6.09 Å². The third-order valence-corrected chi connectivity index (χ3v) is 14.8. The van der Waals surface area contributed by atoms with Gasteiger partial charge in [-0.3, -0.25) is 4.90 Å². The SMILES string of the molecule is C=CCO[C@@]12Oc3ccc(OCCSc4ccccc4)cc3[C@H]3[C@H](CCCCO)[C@@H](CCCCO)C=C(C(=NOC)C[C@@H]1N(Cc1ccc(F)cc1)C(=O)OCCCCCCCCCCCC)[C@H]32. The molecular weight excluding hydrogens is 880 g/mol. The molecule has 68 heavy (non-hydrogen) atoms. The number of hydrogen-bond acceptors (Lipinski definition) is 10. The first-order chi connectivity index (χ1) is 33.4. The number of allylic oxidation sites excluding steroid dienone is 1. The maximum atomic E-state index is 14.9. The molecule has 1 saturated carbocycles. The molecule has 10 nitrogen and oxygen atoms in total. The van der Waals surface area contributed by atoms with E-state index in [0.717, 1.165) is 73.1 Å². The minimum absolute atomic E-state index is 0.0589. The number of halogens is 1. The summed E-state index contributed by atoms with van der Waals surface area (Å²) < 4.78 is 41.6. The van der Waals surface area contributed by atoms with Gasteiger partial charge in [0.2, 0.25) is 5.79 Å². The molecule has 0 spiro atoms. The lowest BCUT2D eigenvalue weighted by molar-refractivity contribution is -0.256. The number of aliphatic hydroxyl groups is 2. The van der Waals surface area contributed by atoms with Gasteiger partial charge in [0, 0.05) is 48.3 Å². The topological polar surface area (TPSA) is 119 Å². The zero-order chi connectivity index (χ0) is 48.0. The monoisotopic (exact) mass is 957 g/mol. The number of ether oxygens (including phenoxy) is 4. The number of unbranched alkanes of at least 4 members (excludes halogenated alkanes) is 11. The molecule has 0 aromatic heterocycles. The van der Waals surface area contributed by atoms with Crippen LogP contribution in [0.2, 0.25) is 0 Å². The van der Waals surface area contributed by atoms with Crippen LogP contribution in [-0.4, -0.2) is 84.6 Å². The summed E-state index contributed by atoms with van der Waals surface area (Å²) in [5.41, 5.74) is 3.34. The third-order valence-electron chi connectivity index (χ3n) is 13.8. The Labute approximate surface area is 409 Å². The van der Waals surface area contributed by atoms with Crippen molar-refractivity contribution >= 4 is 23.6 Å². The molecule has 2 aliphatic carbocycles. The second-order valence-corrected chi connectivity index (χ2v) is 19.7. The van der Waals surface area contributed by atoms with Crippen molar-refractivity contribution in [3.05, 3.63) is 114 Å². The van der Waals surface area contributed by atoms with Gasteiger partial charge in [0.15, 0.2) is 0 Å². The molecule has 2 N–H and O–H groups in total. The minimum atomic E-state index is -1.46. The Morgan fingerprint density at radius 1 is 0.897 bits per heavy atom. The highest BCUT2D eigenvalue weighted by atomic mass is 32.2. The molecule has 1 fully saturated rings. The van der Waals surface area contributed by atoms with Crippen molar-refractivity contribution in [1.29, 1.82) is 0 Å². The number of carbonyl (C=O) groups excluding carboxylic acids is 1. The van der Waals surface area contributed by atoms with Crippen LogP contribution in [0.3, 0.4) is 0 Å².